The summed E-state index contributed by atoms with van der Waals surface area (Å²) in [4.78, 5) is 11.3. The van der Waals surface area contributed by atoms with Crippen LogP contribution in [-0.4, -0.2) is 35.9 Å². The molecule has 0 saturated carbocycles. The van der Waals surface area contributed by atoms with Crippen LogP contribution in [-0.2, 0) is 9.53 Å². The lowest BCUT2D eigenvalue weighted by atomic mass is 10.1. The zero-order valence-corrected chi connectivity index (χ0v) is 9.62. The molecule has 16 heavy (non-hydrogen) atoms. The van der Waals surface area contributed by atoms with Crippen molar-refractivity contribution in [1.29, 1.82) is 0 Å². The zero-order chi connectivity index (χ0) is 12.0. The van der Waals surface area contributed by atoms with Gasteiger partial charge in [0, 0.05) is 18.3 Å². The van der Waals surface area contributed by atoms with E-state index in [9.17, 15) is 4.79 Å². The maximum Gasteiger partial charge on any atom is 0.251 e. The number of nitrogens with two attached hydrogens (primary N) is 1. The van der Waals surface area contributed by atoms with Crippen molar-refractivity contribution in [2.45, 2.75) is 19.8 Å². The quantitative estimate of drug-likeness (QED) is 0.614. The molecule has 1 heterocycles. The highest BCUT2D eigenvalue weighted by atomic mass is 16.5. The normalized spacial score (nSPS) is 10.8. The van der Waals surface area contributed by atoms with Crippen molar-refractivity contribution >= 4 is 11.7 Å². The lowest BCUT2D eigenvalue weighted by molar-refractivity contribution is -0.120. The highest BCUT2D eigenvalue weighted by molar-refractivity contribution is 5.90. The molecule has 0 spiro atoms. The number of H-pyrrole nitrogens is 1. The van der Waals surface area contributed by atoms with Gasteiger partial charge in [-0.3, -0.25) is 9.89 Å². The molecule has 0 aliphatic rings. The third-order valence-corrected chi connectivity index (χ3v) is 1.98. The van der Waals surface area contributed by atoms with Crippen LogP contribution in [0.4, 0.5) is 5.82 Å². The molecular formula is C10H18N4O2. The Morgan fingerprint density at radius 1 is 1.69 bits per heavy atom. The molecule has 0 aromatic carbocycles. The van der Waals surface area contributed by atoms with Crippen LogP contribution in [0, 0.1) is 0 Å². The Kier molecular flexibility index (Phi) is 4.94. The van der Waals surface area contributed by atoms with E-state index >= 15 is 0 Å². The Labute approximate surface area is 94.5 Å². The van der Waals surface area contributed by atoms with Gasteiger partial charge in [0.1, 0.15) is 6.61 Å². The molecule has 1 aromatic rings. The topological polar surface area (TPSA) is 93.0 Å². The maximum atomic E-state index is 11.3. The van der Waals surface area contributed by atoms with Crippen molar-refractivity contribution in [3.05, 3.63) is 11.8 Å². The molecule has 1 amide bonds. The molecule has 0 radical (unpaired) electrons. The van der Waals surface area contributed by atoms with Crippen LogP contribution in [0.5, 0.6) is 0 Å². The van der Waals surface area contributed by atoms with Gasteiger partial charge in [0.15, 0.2) is 5.82 Å². The third kappa shape index (κ3) is 4.00. The highest BCUT2D eigenvalue weighted by Crippen LogP contribution is 2.14. The summed E-state index contributed by atoms with van der Waals surface area (Å²) in [5.74, 6) is 0.645. The van der Waals surface area contributed by atoms with Crippen LogP contribution in [0.2, 0.25) is 0 Å². The van der Waals surface area contributed by atoms with Crippen LogP contribution in [0.25, 0.3) is 0 Å². The van der Waals surface area contributed by atoms with E-state index in [1.54, 1.807) is 0 Å². The smallest absolute Gasteiger partial charge is 0.251 e. The average molecular weight is 226 g/mol. The first-order chi connectivity index (χ1) is 7.63. The van der Waals surface area contributed by atoms with Crippen LogP contribution >= 0.6 is 0 Å². The summed E-state index contributed by atoms with van der Waals surface area (Å²) >= 11 is 0. The Bertz CT molecular complexity index is 335. The summed E-state index contributed by atoms with van der Waals surface area (Å²) in [6, 6.07) is 1.81. The summed E-state index contributed by atoms with van der Waals surface area (Å²) in [6.07, 6.45) is 0. The molecule has 1 aromatic heterocycles. The van der Waals surface area contributed by atoms with Crippen LogP contribution < -0.4 is 11.1 Å². The van der Waals surface area contributed by atoms with E-state index in [4.69, 9.17) is 10.5 Å². The Morgan fingerprint density at radius 3 is 3.00 bits per heavy atom. The van der Waals surface area contributed by atoms with Crippen LogP contribution in [0.3, 0.4) is 0 Å². The van der Waals surface area contributed by atoms with E-state index in [1.807, 2.05) is 19.9 Å². The second kappa shape index (κ2) is 6.24. The first kappa shape index (κ1) is 12.7. The summed E-state index contributed by atoms with van der Waals surface area (Å²) in [7, 11) is 0. The van der Waals surface area contributed by atoms with E-state index in [0.29, 0.717) is 24.9 Å². The molecule has 0 aliphatic heterocycles. The number of anilines is 1. The predicted molar refractivity (Wildman–Crippen MR) is 61.2 cm³/mol. The van der Waals surface area contributed by atoms with Gasteiger partial charge in [0.05, 0.1) is 6.61 Å². The van der Waals surface area contributed by atoms with Crippen molar-refractivity contribution in [2.75, 3.05) is 25.1 Å². The monoisotopic (exact) mass is 226 g/mol. The lowest BCUT2D eigenvalue weighted by Gasteiger charge is -2.02. The number of carbonyl (C=O) groups is 1. The summed E-state index contributed by atoms with van der Waals surface area (Å²) in [5.41, 5.74) is 6.21. The summed E-state index contributed by atoms with van der Waals surface area (Å²) in [6.45, 7) is 4.88. The molecule has 6 heteroatoms. The van der Waals surface area contributed by atoms with E-state index < -0.39 is 0 Å². The average Bonchev–Trinajstić information content (AvgIpc) is 2.66. The van der Waals surface area contributed by atoms with Crippen molar-refractivity contribution in [3.63, 3.8) is 0 Å². The number of carbonyl (C=O) groups excluding carboxylic acids is 1. The number of ether oxygens (including phenoxy) is 1. The minimum atomic E-state index is -0.227. The molecule has 6 nitrogen and oxygen atoms in total. The van der Waals surface area contributed by atoms with Gasteiger partial charge in [0.2, 0.25) is 0 Å². The predicted octanol–water partition coefficient (Wildman–Crippen LogP) is 0.447. The van der Waals surface area contributed by atoms with E-state index in [2.05, 4.69) is 15.5 Å². The van der Waals surface area contributed by atoms with Crippen LogP contribution in [0.15, 0.2) is 6.07 Å². The first-order valence-electron chi connectivity index (χ1n) is 5.26. The van der Waals surface area contributed by atoms with E-state index in [1.165, 1.54) is 0 Å². The van der Waals surface area contributed by atoms with Crippen molar-refractivity contribution in [3.8, 4) is 0 Å². The summed E-state index contributed by atoms with van der Waals surface area (Å²) in [5, 5.41) is 9.45. The molecule has 90 valence electrons. The maximum absolute atomic E-state index is 11.3. The third-order valence-electron chi connectivity index (χ3n) is 1.98. The number of hydrogen-bond donors (Lipinski definition) is 3. The number of nitrogens with one attached hydrogen (secondary N) is 2. The standard InChI is InChI=1S/C10H18N4O2/c1-7(2)8-5-9(14-13-8)12-10(15)6-16-4-3-11/h5,7H,3-4,6,11H2,1-2H3,(H2,12,13,14,15). The molecule has 1 rings (SSSR count). The van der Waals surface area contributed by atoms with Gasteiger partial charge in [-0.25, -0.2) is 0 Å². The molecule has 0 bridgehead atoms. The molecule has 0 atom stereocenters. The molecule has 4 N–H and O–H groups in total. The van der Waals surface area contributed by atoms with Gasteiger partial charge < -0.3 is 15.8 Å². The second-order valence-corrected chi connectivity index (χ2v) is 3.75. The fraction of sp³-hybridized carbons (Fsp3) is 0.600. The number of amides is 1. The van der Waals surface area contributed by atoms with E-state index in [-0.39, 0.29) is 12.5 Å². The van der Waals surface area contributed by atoms with Crippen molar-refractivity contribution < 1.29 is 9.53 Å². The highest BCUT2D eigenvalue weighted by Gasteiger charge is 2.07. The number of rotatable bonds is 6. The van der Waals surface area contributed by atoms with E-state index in [0.717, 1.165) is 5.69 Å². The lowest BCUT2D eigenvalue weighted by Crippen LogP contribution is -2.20. The van der Waals surface area contributed by atoms with Crippen LogP contribution in [0.1, 0.15) is 25.5 Å². The fourth-order valence-corrected chi connectivity index (χ4v) is 1.12. The molecule has 0 unspecified atom stereocenters. The van der Waals surface area contributed by atoms with Gasteiger partial charge in [-0.2, -0.15) is 5.10 Å². The van der Waals surface area contributed by atoms with Gasteiger partial charge in [0.25, 0.3) is 5.91 Å². The summed E-state index contributed by atoms with van der Waals surface area (Å²) < 4.78 is 5.00. The van der Waals surface area contributed by atoms with Crippen molar-refractivity contribution in [1.82, 2.24) is 10.2 Å². The Balaban J connectivity index is 2.37. The molecule has 0 saturated heterocycles. The van der Waals surface area contributed by atoms with Gasteiger partial charge in [-0.15, -0.1) is 0 Å². The minimum Gasteiger partial charge on any atom is -0.370 e. The number of nitrogens with zero attached hydrogens (tertiary/aromatic N) is 1. The molecule has 0 aliphatic carbocycles. The van der Waals surface area contributed by atoms with Crippen molar-refractivity contribution in [2.24, 2.45) is 5.73 Å². The fourth-order valence-electron chi connectivity index (χ4n) is 1.12. The van der Waals surface area contributed by atoms with Gasteiger partial charge in [-0.1, -0.05) is 13.8 Å². The molecule has 0 fully saturated rings. The van der Waals surface area contributed by atoms with Gasteiger partial charge >= 0.3 is 0 Å². The number of aromatic amines is 1. The van der Waals surface area contributed by atoms with Gasteiger partial charge in [-0.05, 0) is 5.92 Å². The largest absolute Gasteiger partial charge is 0.370 e. The SMILES string of the molecule is CC(C)c1cc(NC(=O)COCCN)n[nH]1. The first-order valence-corrected chi connectivity index (χ1v) is 5.26. The zero-order valence-electron chi connectivity index (χ0n) is 9.62. The molecular weight excluding hydrogens is 208 g/mol. The Hall–Kier alpha value is -1.40. The Morgan fingerprint density at radius 2 is 2.44 bits per heavy atom. The second-order valence-electron chi connectivity index (χ2n) is 3.75. The number of aromatic nitrogens is 2. The minimum absolute atomic E-state index is 0.00106. The number of hydrogen-bond acceptors (Lipinski definition) is 4.